The summed E-state index contributed by atoms with van der Waals surface area (Å²) < 4.78 is 15.9. The van der Waals surface area contributed by atoms with Gasteiger partial charge in [0.25, 0.3) is 5.91 Å². The number of methoxy groups -OCH3 is 3. The Bertz CT molecular complexity index is 979. The minimum Gasteiger partial charge on any atom is -0.493 e. The maximum absolute atomic E-state index is 13.4. The standard InChI is InChI=1S/C23H30N4O5S/c1-5-24-23(29)26(10-11-30-2)15-22(28)27-18(14-17(25-27)21-7-6-12-33-21)16-8-9-19(31-3)20(13-16)32-4/h6-9,12-13,18H,5,10-11,14-15H2,1-4H3,(H,24,29)/t18-/m1/s1. The number of nitrogens with one attached hydrogen (secondary N) is 1. The molecule has 0 unspecified atom stereocenters. The van der Waals surface area contributed by atoms with Gasteiger partial charge in [-0.15, -0.1) is 11.3 Å². The van der Waals surface area contributed by atoms with Crippen LogP contribution in [0.5, 0.6) is 11.5 Å². The fourth-order valence-electron chi connectivity index (χ4n) is 3.60. The van der Waals surface area contributed by atoms with Crippen molar-refractivity contribution in [3.8, 4) is 11.5 Å². The molecule has 1 atom stereocenters. The van der Waals surface area contributed by atoms with Gasteiger partial charge in [0, 0.05) is 26.6 Å². The zero-order valence-electron chi connectivity index (χ0n) is 19.4. The number of benzene rings is 1. The summed E-state index contributed by atoms with van der Waals surface area (Å²) in [6.07, 6.45) is 0.557. The Morgan fingerprint density at radius 2 is 2.00 bits per heavy atom. The summed E-state index contributed by atoms with van der Waals surface area (Å²) in [4.78, 5) is 28.3. The number of hydrogen-bond acceptors (Lipinski definition) is 7. The molecule has 0 aliphatic carbocycles. The van der Waals surface area contributed by atoms with Crippen LogP contribution in [0.3, 0.4) is 0 Å². The van der Waals surface area contributed by atoms with Crippen LogP contribution < -0.4 is 14.8 Å². The van der Waals surface area contributed by atoms with Crippen LogP contribution in [0.15, 0.2) is 40.8 Å². The fraction of sp³-hybridized carbons (Fsp3) is 0.435. The van der Waals surface area contributed by atoms with E-state index < -0.39 is 0 Å². The molecule has 0 saturated heterocycles. The molecule has 0 saturated carbocycles. The van der Waals surface area contributed by atoms with Gasteiger partial charge in [-0.3, -0.25) is 4.79 Å². The van der Waals surface area contributed by atoms with Crippen LogP contribution in [0.2, 0.25) is 0 Å². The average molecular weight is 475 g/mol. The highest BCUT2D eigenvalue weighted by Gasteiger charge is 2.35. The Kier molecular flexibility index (Phi) is 8.67. The zero-order valence-corrected chi connectivity index (χ0v) is 20.2. The van der Waals surface area contributed by atoms with Crippen molar-refractivity contribution < 1.29 is 23.8 Å². The molecule has 1 aliphatic rings. The summed E-state index contributed by atoms with van der Waals surface area (Å²) in [5.41, 5.74) is 1.71. The van der Waals surface area contributed by atoms with E-state index in [1.165, 1.54) is 9.91 Å². The van der Waals surface area contributed by atoms with Crippen LogP contribution in [0, 0.1) is 0 Å². The summed E-state index contributed by atoms with van der Waals surface area (Å²) in [5.74, 6) is 0.915. The SMILES string of the molecule is CCNC(=O)N(CCOC)CC(=O)N1N=C(c2cccs2)C[C@@H]1c1ccc(OC)c(OC)c1. The Balaban J connectivity index is 1.90. The molecule has 1 aliphatic heterocycles. The summed E-state index contributed by atoms with van der Waals surface area (Å²) in [5, 5.41) is 10.9. The molecule has 10 heteroatoms. The maximum Gasteiger partial charge on any atom is 0.317 e. The molecule has 2 aromatic rings. The first kappa shape index (κ1) is 24.5. The summed E-state index contributed by atoms with van der Waals surface area (Å²) in [6, 6.07) is 8.90. The van der Waals surface area contributed by atoms with E-state index in [9.17, 15) is 9.59 Å². The van der Waals surface area contributed by atoms with E-state index in [2.05, 4.69) is 10.4 Å². The third kappa shape index (κ3) is 5.82. The minimum atomic E-state index is -0.326. The maximum atomic E-state index is 13.4. The first-order valence-electron chi connectivity index (χ1n) is 10.7. The second kappa shape index (κ2) is 11.7. The summed E-state index contributed by atoms with van der Waals surface area (Å²) in [6.45, 7) is 2.81. The van der Waals surface area contributed by atoms with E-state index in [4.69, 9.17) is 14.2 Å². The number of nitrogens with zero attached hydrogens (tertiary/aromatic N) is 3. The topological polar surface area (TPSA) is 92.7 Å². The second-order valence-corrected chi connectivity index (χ2v) is 8.29. The Morgan fingerprint density at radius 3 is 2.64 bits per heavy atom. The molecule has 0 spiro atoms. The van der Waals surface area contributed by atoms with Gasteiger partial charge in [0.2, 0.25) is 0 Å². The molecule has 0 bridgehead atoms. The summed E-state index contributed by atoms with van der Waals surface area (Å²) >= 11 is 1.58. The lowest BCUT2D eigenvalue weighted by Gasteiger charge is -2.27. The van der Waals surface area contributed by atoms with Gasteiger partial charge in [-0.05, 0) is 36.1 Å². The normalized spacial score (nSPS) is 15.2. The summed E-state index contributed by atoms with van der Waals surface area (Å²) in [7, 11) is 4.71. The number of hydrogen-bond donors (Lipinski definition) is 1. The molecule has 33 heavy (non-hydrogen) atoms. The number of carbonyl (C=O) groups is 2. The molecule has 3 amide bonds. The van der Waals surface area contributed by atoms with E-state index in [-0.39, 0.29) is 24.5 Å². The zero-order chi connectivity index (χ0) is 23.8. The lowest BCUT2D eigenvalue weighted by molar-refractivity contribution is -0.133. The van der Waals surface area contributed by atoms with E-state index in [0.717, 1.165) is 16.2 Å². The highest BCUT2D eigenvalue weighted by Crippen LogP contribution is 2.37. The van der Waals surface area contributed by atoms with Crippen molar-refractivity contribution in [1.29, 1.82) is 0 Å². The van der Waals surface area contributed by atoms with Crippen LogP contribution in [0.4, 0.5) is 4.79 Å². The molecule has 0 radical (unpaired) electrons. The van der Waals surface area contributed by atoms with Gasteiger partial charge < -0.3 is 24.4 Å². The Labute approximate surface area is 197 Å². The van der Waals surface area contributed by atoms with Crippen molar-refractivity contribution in [2.75, 3.05) is 47.6 Å². The lowest BCUT2D eigenvalue weighted by atomic mass is 10.0. The van der Waals surface area contributed by atoms with Gasteiger partial charge in [-0.1, -0.05) is 12.1 Å². The molecule has 9 nitrogen and oxygen atoms in total. The van der Waals surface area contributed by atoms with E-state index in [0.29, 0.717) is 37.6 Å². The lowest BCUT2D eigenvalue weighted by Crippen LogP contribution is -2.47. The molecule has 1 aromatic heterocycles. The van der Waals surface area contributed by atoms with E-state index in [1.807, 2.05) is 42.6 Å². The monoisotopic (exact) mass is 474 g/mol. The molecule has 178 valence electrons. The van der Waals surface area contributed by atoms with Gasteiger partial charge in [0.1, 0.15) is 6.54 Å². The van der Waals surface area contributed by atoms with Crippen molar-refractivity contribution in [3.05, 3.63) is 46.2 Å². The molecule has 2 heterocycles. The van der Waals surface area contributed by atoms with Crippen LogP contribution in [0.1, 0.15) is 29.8 Å². The Morgan fingerprint density at radius 1 is 1.21 bits per heavy atom. The minimum absolute atomic E-state index is 0.111. The van der Waals surface area contributed by atoms with Gasteiger partial charge >= 0.3 is 6.03 Å². The Hall–Kier alpha value is -3.11. The van der Waals surface area contributed by atoms with Crippen LogP contribution in [0.25, 0.3) is 0 Å². The molecular formula is C23H30N4O5S. The first-order chi connectivity index (χ1) is 16.0. The number of rotatable bonds is 10. The van der Waals surface area contributed by atoms with Crippen molar-refractivity contribution in [1.82, 2.24) is 15.2 Å². The molecule has 1 N–H and O–H groups in total. The third-order valence-electron chi connectivity index (χ3n) is 5.27. The van der Waals surface area contributed by atoms with Crippen LogP contribution in [-0.4, -0.2) is 75.1 Å². The number of carbonyl (C=O) groups excluding carboxylic acids is 2. The highest BCUT2D eigenvalue weighted by atomic mass is 32.1. The predicted octanol–water partition coefficient (Wildman–Crippen LogP) is 3.12. The first-order valence-corrected chi connectivity index (χ1v) is 11.6. The molecule has 0 fully saturated rings. The number of hydrazone groups is 1. The largest absolute Gasteiger partial charge is 0.493 e. The number of thiophene rings is 1. The van der Waals surface area contributed by atoms with Gasteiger partial charge in [-0.25, -0.2) is 9.80 Å². The van der Waals surface area contributed by atoms with Crippen LogP contribution >= 0.6 is 11.3 Å². The molecule has 3 rings (SSSR count). The van der Waals surface area contributed by atoms with E-state index in [1.54, 1.807) is 32.7 Å². The average Bonchev–Trinajstić information content (AvgIpc) is 3.51. The van der Waals surface area contributed by atoms with Crippen LogP contribution in [-0.2, 0) is 9.53 Å². The van der Waals surface area contributed by atoms with Gasteiger partial charge in [-0.2, -0.15) is 5.10 Å². The number of urea groups is 1. The van der Waals surface area contributed by atoms with E-state index >= 15 is 0 Å². The van der Waals surface area contributed by atoms with Crippen molar-refractivity contribution >= 4 is 29.0 Å². The number of ether oxygens (including phenoxy) is 3. The fourth-order valence-corrected chi connectivity index (χ4v) is 4.33. The number of amides is 3. The quantitative estimate of drug-likeness (QED) is 0.571. The van der Waals surface area contributed by atoms with Gasteiger partial charge in [0.05, 0.1) is 37.5 Å². The van der Waals surface area contributed by atoms with Crippen molar-refractivity contribution in [2.45, 2.75) is 19.4 Å². The highest BCUT2D eigenvalue weighted by molar-refractivity contribution is 7.12. The third-order valence-corrected chi connectivity index (χ3v) is 6.19. The van der Waals surface area contributed by atoms with Gasteiger partial charge in [0.15, 0.2) is 11.5 Å². The van der Waals surface area contributed by atoms with Crippen molar-refractivity contribution in [2.24, 2.45) is 5.10 Å². The molecule has 1 aromatic carbocycles. The predicted molar refractivity (Wildman–Crippen MR) is 127 cm³/mol. The second-order valence-electron chi connectivity index (χ2n) is 7.35. The van der Waals surface area contributed by atoms with Crippen molar-refractivity contribution in [3.63, 3.8) is 0 Å². The molecular weight excluding hydrogens is 444 g/mol. The smallest absolute Gasteiger partial charge is 0.317 e.